The third kappa shape index (κ3) is 2.65. The van der Waals surface area contributed by atoms with E-state index in [1.54, 1.807) is 49.6 Å². The van der Waals surface area contributed by atoms with Crippen molar-refractivity contribution in [1.82, 2.24) is 0 Å². The highest BCUT2D eigenvalue weighted by Crippen LogP contribution is 2.31. The quantitative estimate of drug-likeness (QED) is 0.853. The number of para-hydroxylation sites is 1. The van der Waals surface area contributed by atoms with E-state index in [-0.39, 0.29) is 12.2 Å². The van der Waals surface area contributed by atoms with Crippen molar-refractivity contribution in [1.29, 1.82) is 0 Å². The average Bonchev–Trinajstić information content (AvgIpc) is 2.55. The number of rotatable bonds is 2. The first kappa shape index (κ1) is 14.1. The maximum atomic E-state index is 12.4. The lowest BCUT2D eigenvalue weighted by atomic mass is 10.0. The van der Waals surface area contributed by atoms with Crippen molar-refractivity contribution in [2.75, 3.05) is 18.6 Å². The Morgan fingerprint density at radius 2 is 1.86 bits per heavy atom. The van der Waals surface area contributed by atoms with Gasteiger partial charge in [0.2, 0.25) is 0 Å². The number of fused-ring (bicyclic) bond motifs is 1. The van der Waals surface area contributed by atoms with Crippen LogP contribution in [0, 0.1) is 0 Å². The van der Waals surface area contributed by atoms with E-state index in [0.29, 0.717) is 29.3 Å². The van der Waals surface area contributed by atoms with Crippen molar-refractivity contribution >= 4 is 17.6 Å². The fourth-order valence-corrected chi connectivity index (χ4v) is 2.40. The second-order valence-corrected chi connectivity index (χ2v) is 4.89. The lowest BCUT2D eigenvalue weighted by molar-refractivity contribution is 0.0980. The molecule has 2 aromatic rings. The number of hydrogen-bond donors (Lipinski definition) is 0. The molecule has 0 aliphatic carbocycles. The molecule has 3 rings (SSSR count). The Morgan fingerprint density at radius 3 is 2.59 bits per heavy atom. The molecule has 0 aromatic heterocycles. The molecule has 1 heterocycles. The van der Waals surface area contributed by atoms with E-state index in [2.05, 4.69) is 0 Å². The number of anilines is 1. The molecule has 0 bridgehead atoms. The molecule has 5 nitrogen and oxygen atoms in total. The summed E-state index contributed by atoms with van der Waals surface area (Å²) >= 11 is 0. The molecule has 112 valence electrons. The van der Waals surface area contributed by atoms with Gasteiger partial charge >= 0.3 is 6.09 Å². The number of ether oxygens (including phenoxy) is 2. The van der Waals surface area contributed by atoms with Crippen molar-refractivity contribution in [3.63, 3.8) is 0 Å². The van der Waals surface area contributed by atoms with Gasteiger partial charge in [0.05, 0.1) is 12.8 Å². The summed E-state index contributed by atoms with van der Waals surface area (Å²) in [6.45, 7) is 0.296. The van der Waals surface area contributed by atoms with E-state index < -0.39 is 6.09 Å². The standard InChI is InChI=1S/C17H15NO4/c1-21-13-7-8-14-15(11-13)18(10-9-16(14)19)17(20)22-12-5-3-2-4-6-12/h2-8,11H,9-10H2,1H3. The van der Waals surface area contributed by atoms with Crippen molar-refractivity contribution in [2.45, 2.75) is 6.42 Å². The second kappa shape index (κ2) is 5.89. The predicted molar refractivity (Wildman–Crippen MR) is 81.8 cm³/mol. The molecular weight excluding hydrogens is 282 g/mol. The van der Waals surface area contributed by atoms with Gasteiger partial charge in [0.15, 0.2) is 5.78 Å². The summed E-state index contributed by atoms with van der Waals surface area (Å²) in [5.74, 6) is 1.07. The van der Waals surface area contributed by atoms with E-state index in [9.17, 15) is 9.59 Å². The lowest BCUT2D eigenvalue weighted by Gasteiger charge is -2.28. The van der Waals surface area contributed by atoms with Crippen molar-refractivity contribution in [3.05, 3.63) is 54.1 Å². The molecule has 0 unspecified atom stereocenters. The van der Waals surface area contributed by atoms with Crippen molar-refractivity contribution in [2.24, 2.45) is 0 Å². The van der Waals surface area contributed by atoms with E-state index in [4.69, 9.17) is 9.47 Å². The van der Waals surface area contributed by atoms with Gasteiger partial charge in [0.25, 0.3) is 0 Å². The van der Waals surface area contributed by atoms with Gasteiger partial charge in [-0.25, -0.2) is 4.79 Å². The first-order valence-electron chi connectivity index (χ1n) is 6.94. The van der Waals surface area contributed by atoms with E-state index >= 15 is 0 Å². The highest BCUT2D eigenvalue weighted by atomic mass is 16.6. The van der Waals surface area contributed by atoms with Crippen LogP contribution in [-0.4, -0.2) is 25.5 Å². The van der Waals surface area contributed by atoms with E-state index in [1.807, 2.05) is 6.07 Å². The van der Waals surface area contributed by atoms with Gasteiger partial charge in [0.1, 0.15) is 11.5 Å². The summed E-state index contributed by atoms with van der Waals surface area (Å²) in [5, 5.41) is 0. The molecule has 0 atom stereocenters. The van der Waals surface area contributed by atoms with Crippen LogP contribution in [0.2, 0.25) is 0 Å². The molecule has 1 aliphatic rings. The number of Topliss-reactive ketones (excluding diaryl/α,β-unsaturated/α-hetero) is 1. The molecule has 2 aromatic carbocycles. The van der Waals surface area contributed by atoms with Crippen LogP contribution in [0.3, 0.4) is 0 Å². The minimum atomic E-state index is -0.506. The monoisotopic (exact) mass is 297 g/mol. The van der Waals surface area contributed by atoms with Gasteiger partial charge in [0, 0.05) is 24.6 Å². The SMILES string of the molecule is COc1ccc2c(c1)N(C(=O)Oc1ccccc1)CCC2=O. The van der Waals surface area contributed by atoms with Crippen molar-refractivity contribution in [3.8, 4) is 11.5 Å². The zero-order valence-electron chi connectivity index (χ0n) is 12.1. The van der Waals surface area contributed by atoms with Crippen molar-refractivity contribution < 1.29 is 19.1 Å². The third-order valence-corrected chi connectivity index (χ3v) is 3.53. The Kier molecular flexibility index (Phi) is 3.78. The summed E-state index contributed by atoms with van der Waals surface area (Å²) in [7, 11) is 1.54. The molecule has 0 radical (unpaired) electrons. The Bertz CT molecular complexity index is 712. The summed E-state index contributed by atoms with van der Waals surface area (Å²) < 4.78 is 10.5. The molecule has 1 aliphatic heterocycles. The minimum Gasteiger partial charge on any atom is -0.497 e. The van der Waals surface area contributed by atoms with Gasteiger partial charge in [-0.2, -0.15) is 0 Å². The third-order valence-electron chi connectivity index (χ3n) is 3.53. The topological polar surface area (TPSA) is 55.8 Å². The zero-order chi connectivity index (χ0) is 15.5. The Labute approximate surface area is 128 Å². The van der Waals surface area contributed by atoms with Crippen LogP contribution in [0.15, 0.2) is 48.5 Å². The summed E-state index contributed by atoms with van der Waals surface area (Å²) in [4.78, 5) is 25.8. The largest absolute Gasteiger partial charge is 0.497 e. The smallest absolute Gasteiger partial charge is 0.419 e. The molecule has 0 spiro atoms. The first-order valence-corrected chi connectivity index (χ1v) is 6.94. The van der Waals surface area contributed by atoms with Gasteiger partial charge in [-0.1, -0.05) is 18.2 Å². The molecule has 1 amide bonds. The predicted octanol–water partition coefficient (Wildman–Crippen LogP) is 3.29. The molecule has 0 saturated carbocycles. The zero-order valence-corrected chi connectivity index (χ0v) is 12.1. The highest BCUT2D eigenvalue weighted by Gasteiger charge is 2.29. The van der Waals surface area contributed by atoms with Crippen LogP contribution >= 0.6 is 0 Å². The Hall–Kier alpha value is -2.82. The van der Waals surface area contributed by atoms with Crippen LogP contribution in [-0.2, 0) is 0 Å². The summed E-state index contributed by atoms with van der Waals surface area (Å²) in [5.41, 5.74) is 1.04. The van der Waals surface area contributed by atoms with Gasteiger partial charge in [-0.05, 0) is 24.3 Å². The number of hydrogen-bond acceptors (Lipinski definition) is 4. The number of methoxy groups -OCH3 is 1. The minimum absolute atomic E-state index is 0.0152. The van der Waals surface area contributed by atoms with Crippen LogP contribution in [0.25, 0.3) is 0 Å². The Balaban J connectivity index is 1.90. The number of nitrogens with zero attached hydrogens (tertiary/aromatic N) is 1. The molecule has 0 fully saturated rings. The second-order valence-electron chi connectivity index (χ2n) is 4.89. The Morgan fingerprint density at radius 1 is 1.09 bits per heavy atom. The molecule has 0 N–H and O–H groups in total. The van der Waals surface area contributed by atoms with Gasteiger partial charge < -0.3 is 9.47 Å². The van der Waals surface area contributed by atoms with E-state index in [0.717, 1.165) is 0 Å². The van der Waals surface area contributed by atoms with Crippen LogP contribution in [0.5, 0.6) is 11.5 Å². The number of carbonyl (C=O) groups excluding carboxylic acids is 2. The fraction of sp³-hybridized carbons (Fsp3) is 0.176. The van der Waals surface area contributed by atoms with Crippen LogP contribution < -0.4 is 14.4 Å². The normalized spacial score (nSPS) is 13.5. The van der Waals surface area contributed by atoms with Gasteiger partial charge in [-0.3, -0.25) is 9.69 Å². The van der Waals surface area contributed by atoms with Gasteiger partial charge in [-0.15, -0.1) is 0 Å². The molecule has 22 heavy (non-hydrogen) atoms. The summed E-state index contributed by atoms with van der Waals surface area (Å²) in [6.07, 6.45) is -0.225. The average molecular weight is 297 g/mol. The number of amides is 1. The molecule has 5 heteroatoms. The molecular formula is C17H15NO4. The fourth-order valence-electron chi connectivity index (χ4n) is 2.40. The lowest BCUT2D eigenvalue weighted by Crippen LogP contribution is -2.39. The highest BCUT2D eigenvalue weighted by molar-refractivity contribution is 6.08. The van der Waals surface area contributed by atoms with E-state index in [1.165, 1.54) is 4.90 Å². The van der Waals surface area contributed by atoms with Crippen LogP contribution in [0.4, 0.5) is 10.5 Å². The first-order chi connectivity index (χ1) is 10.7. The summed E-state index contributed by atoms with van der Waals surface area (Å²) in [6, 6.07) is 13.9. The molecule has 0 saturated heterocycles. The number of benzene rings is 2. The maximum absolute atomic E-state index is 12.4. The van der Waals surface area contributed by atoms with Crippen LogP contribution in [0.1, 0.15) is 16.8 Å². The number of carbonyl (C=O) groups is 2. The number of ketones is 1. The maximum Gasteiger partial charge on any atom is 0.419 e.